The number of carbonyl (C=O) groups excluding carboxylic acids is 2. The molecule has 200 valence electrons. The van der Waals surface area contributed by atoms with Crippen LogP contribution in [0.5, 0.6) is 11.5 Å². The van der Waals surface area contributed by atoms with Gasteiger partial charge >= 0.3 is 5.97 Å². The van der Waals surface area contributed by atoms with Crippen molar-refractivity contribution >= 4 is 33.5 Å². The van der Waals surface area contributed by atoms with Gasteiger partial charge in [0.2, 0.25) is 5.88 Å². The van der Waals surface area contributed by atoms with Crippen LogP contribution in [0.15, 0.2) is 57.6 Å². The quantitative estimate of drug-likeness (QED) is 0.388. The monoisotopic (exact) mass is 583 g/mol. The molecule has 1 atom stereocenters. The number of nitrogens with two attached hydrogens (primary N) is 1. The first-order valence-corrected chi connectivity index (χ1v) is 12.8. The summed E-state index contributed by atoms with van der Waals surface area (Å²) in [6.45, 7) is 9.09. The topological polar surface area (TPSA) is 133 Å². The minimum absolute atomic E-state index is 0.0645. The number of benzene rings is 2. The Labute approximate surface area is 230 Å². The molecule has 1 amide bonds. The first-order valence-electron chi connectivity index (χ1n) is 12.0. The number of ether oxygens (including phenoxy) is 4. The van der Waals surface area contributed by atoms with Crippen LogP contribution >= 0.6 is 15.9 Å². The zero-order chi connectivity index (χ0) is 28.0. The Hall–Kier alpha value is -3.97. The zero-order valence-corrected chi connectivity index (χ0v) is 23.5. The van der Waals surface area contributed by atoms with Crippen molar-refractivity contribution in [1.29, 1.82) is 5.26 Å². The van der Waals surface area contributed by atoms with Crippen LogP contribution in [0, 0.1) is 25.2 Å². The van der Waals surface area contributed by atoms with Crippen molar-refractivity contribution in [2.24, 2.45) is 5.73 Å². The highest BCUT2D eigenvalue weighted by atomic mass is 79.9. The van der Waals surface area contributed by atoms with Crippen molar-refractivity contribution < 1.29 is 28.5 Å². The standard InChI is InChI=1S/C28H30BrN3O6/c1-6-35-21-12-18(24-19(13-30)27(31)38-17(5)23(24)28(34)36-7-2)11-20(29)26(21)37-14-22(33)32-25-15(3)9-8-10-16(25)4/h8-12,24H,6-7,14,31H2,1-5H3,(H,32,33). The number of hydrogen-bond donors (Lipinski definition) is 2. The summed E-state index contributed by atoms with van der Waals surface area (Å²) in [6, 6.07) is 11.2. The predicted octanol–water partition coefficient (Wildman–Crippen LogP) is 5.13. The lowest BCUT2D eigenvalue weighted by atomic mass is 9.83. The maximum atomic E-state index is 12.9. The molecule has 1 unspecified atom stereocenters. The SMILES string of the molecule is CCOC(=O)C1=C(C)OC(N)=C(C#N)C1c1cc(Br)c(OCC(=O)Nc2c(C)cccc2C)c(OCC)c1. The first-order chi connectivity index (χ1) is 18.1. The molecule has 1 heterocycles. The van der Waals surface area contributed by atoms with Gasteiger partial charge in [0.1, 0.15) is 17.4 Å². The Bertz CT molecular complexity index is 1340. The number of nitriles is 1. The maximum Gasteiger partial charge on any atom is 0.338 e. The first kappa shape index (κ1) is 28.6. The highest BCUT2D eigenvalue weighted by molar-refractivity contribution is 9.10. The summed E-state index contributed by atoms with van der Waals surface area (Å²) in [7, 11) is 0. The molecule has 3 rings (SSSR count). The summed E-state index contributed by atoms with van der Waals surface area (Å²) in [4.78, 5) is 25.6. The smallest absolute Gasteiger partial charge is 0.338 e. The molecule has 1 aliphatic rings. The number of aryl methyl sites for hydroxylation is 2. The molecule has 10 heteroatoms. The summed E-state index contributed by atoms with van der Waals surface area (Å²) in [5.41, 5.74) is 9.38. The molecule has 0 radical (unpaired) electrons. The highest BCUT2D eigenvalue weighted by Crippen LogP contribution is 2.45. The summed E-state index contributed by atoms with van der Waals surface area (Å²) in [5.74, 6) is -1.05. The Morgan fingerprint density at radius 3 is 2.42 bits per heavy atom. The number of nitrogens with zero attached hydrogens (tertiary/aromatic N) is 1. The fraction of sp³-hybridized carbons (Fsp3) is 0.321. The van der Waals surface area contributed by atoms with Gasteiger partial charge in [-0.15, -0.1) is 0 Å². The Kier molecular flexibility index (Phi) is 9.42. The Morgan fingerprint density at radius 1 is 1.13 bits per heavy atom. The van der Waals surface area contributed by atoms with Crippen molar-refractivity contribution in [2.45, 2.75) is 40.5 Å². The van der Waals surface area contributed by atoms with Crippen LogP contribution in [0.2, 0.25) is 0 Å². The Morgan fingerprint density at radius 2 is 1.82 bits per heavy atom. The average molecular weight is 584 g/mol. The molecular formula is C28H30BrN3O6. The van der Waals surface area contributed by atoms with E-state index in [4.69, 9.17) is 24.7 Å². The van der Waals surface area contributed by atoms with E-state index >= 15 is 0 Å². The minimum atomic E-state index is -0.857. The number of rotatable bonds is 9. The number of anilines is 1. The van der Waals surface area contributed by atoms with Crippen molar-refractivity contribution in [3.05, 3.63) is 74.3 Å². The van der Waals surface area contributed by atoms with Gasteiger partial charge in [-0.25, -0.2) is 4.79 Å². The molecule has 9 nitrogen and oxygen atoms in total. The van der Waals surface area contributed by atoms with Crippen LogP contribution in [0.4, 0.5) is 5.69 Å². The molecule has 2 aromatic carbocycles. The fourth-order valence-corrected chi connectivity index (χ4v) is 4.74. The summed E-state index contributed by atoms with van der Waals surface area (Å²) < 4.78 is 22.9. The van der Waals surface area contributed by atoms with Crippen LogP contribution in [-0.2, 0) is 19.1 Å². The normalized spacial score (nSPS) is 14.9. The average Bonchev–Trinajstić information content (AvgIpc) is 2.85. The van der Waals surface area contributed by atoms with Crippen LogP contribution < -0.4 is 20.5 Å². The van der Waals surface area contributed by atoms with Crippen molar-refractivity contribution in [3.63, 3.8) is 0 Å². The molecule has 0 saturated heterocycles. The van der Waals surface area contributed by atoms with E-state index in [1.165, 1.54) is 0 Å². The lowest BCUT2D eigenvalue weighted by Crippen LogP contribution is -2.25. The second-order valence-corrected chi connectivity index (χ2v) is 9.34. The van der Waals surface area contributed by atoms with Gasteiger partial charge in [0, 0.05) is 5.69 Å². The molecule has 0 saturated carbocycles. The largest absolute Gasteiger partial charge is 0.490 e. The Balaban J connectivity index is 1.97. The third-order valence-electron chi connectivity index (χ3n) is 5.86. The molecule has 0 fully saturated rings. The molecule has 0 bridgehead atoms. The van der Waals surface area contributed by atoms with Gasteiger partial charge in [-0.2, -0.15) is 5.26 Å². The summed E-state index contributed by atoms with van der Waals surface area (Å²) in [6.07, 6.45) is 0. The third-order valence-corrected chi connectivity index (χ3v) is 6.45. The van der Waals surface area contributed by atoms with Crippen LogP contribution in [-0.4, -0.2) is 31.7 Å². The van der Waals surface area contributed by atoms with Gasteiger partial charge in [-0.05, 0) is 79.4 Å². The number of para-hydroxylation sites is 1. The number of esters is 1. The van der Waals surface area contributed by atoms with Crippen LogP contribution in [0.3, 0.4) is 0 Å². The van der Waals surface area contributed by atoms with E-state index in [9.17, 15) is 14.9 Å². The molecule has 3 N–H and O–H groups in total. The second kappa shape index (κ2) is 12.5. The van der Waals surface area contributed by atoms with Gasteiger partial charge < -0.3 is 30.0 Å². The molecule has 38 heavy (non-hydrogen) atoms. The van der Waals surface area contributed by atoms with E-state index in [0.29, 0.717) is 28.1 Å². The van der Waals surface area contributed by atoms with Gasteiger partial charge in [-0.1, -0.05) is 18.2 Å². The van der Waals surface area contributed by atoms with E-state index < -0.39 is 11.9 Å². The van der Waals surface area contributed by atoms with Crippen molar-refractivity contribution in [2.75, 3.05) is 25.1 Å². The van der Waals surface area contributed by atoms with E-state index in [1.54, 1.807) is 32.9 Å². The lowest BCUT2D eigenvalue weighted by Gasteiger charge is -2.27. The number of nitrogens with one attached hydrogen (secondary N) is 1. The molecule has 1 aliphatic heterocycles. The minimum Gasteiger partial charge on any atom is -0.490 e. The lowest BCUT2D eigenvalue weighted by molar-refractivity contribution is -0.139. The van der Waals surface area contributed by atoms with Gasteiger partial charge in [0.25, 0.3) is 5.91 Å². The van der Waals surface area contributed by atoms with E-state index in [0.717, 1.165) is 16.8 Å². The zero-order valence-electron chi connectivity index (χ0n) is 21.9. The molecule has 0 aliphatic carbocycles. The summed E-state index contributed by atoms with van der Waals surface area (Å²) >= 11 is 3.50. The number of allylic oxidation sites excluding steroid dienone is 2. The maximum absolute atomic E-state index is 12.9. The third kappa shape index (κ3) is 6.11. The van der Waals surface area contributed by atoms with Gasteiger partial charge in [0.15, 0.2) is 18.1 Å². The van der Waals surface area contributed by atoms with E-state index in [2.05, 4.69) is 27.3 Å². The molecule has 2 aromatic rings. The number of amides is 1. The van der Waals surface area contributed by atoms with Crippen LogP contribution in [0.25, 0.3) is 0 Å². The van der Waals surface area contributed by atoms with Gasteiger partial charge in [-0.3, -0.25) is 4.79 Å². The highest BCUT2D eigenvalue weighted by Gasteiger charge is 2.37. The number of carbonyl (C=O) groups is 2. The summed E-state index contributed by atoms with van der Waals surface area (Å²) in [5, 5.41) is 12.7. The second-order valence-electron chi connectivity index (χ2n) is 8.48. The predicted molar refractivity (Wildman–Crippen MR) is 145 cm³/mol. The molecular weight excluding hydrogens is 554 g/mol. The van der Waals surface area contributed by atoms with E-state index in [-0.39, 0.29) is 41.9 Å². The van der Waals surface area contributed by atoms with Gasteiger partial charge in [0.05, 0.1) is 29.2 Å². The fourth-order valence-electron chi connectivity index (χ4n) is 4.17. The van der Waals surface area contributed by atoms with Crippen molar-refractivity contribution in [1.82, 2.24) is 0 Å². The number of hydrogen-bond acceptors (Lipinski definition) is 8. The number of halogens is 1. The molecule has 0 aromatic heterocycles. The molecule has 0 spiro atoms. The van der Waals surface area contributed by atoms with Crippen LogP contribution in [0.1, 0.15) is 43.4 Å². The van der Waals surface area contributed by atoms with Crippen molar-refractivity contribution in [3.8, 4) is 17.6 Å². The van der Waals surface area contributed by atoms with E-state index in [1.807, 2.05) is 32.0 Å².